The van der Waals surface area contributed by atoms with Gasteiger partial charge in [-0.25, -0.2) is 4.79 Å². The molecule has 1 heterocycles. The number of unbranched alkanes of at least 4 members (excludes halogenated alkanes) is 1. The van der Waals surface area contributed by atoms with E-state index in [2.05, 4.69) is 22.0 Å². The molecule has 142 valence electrons. The molecular weight excluding hydrogens is 346 g/mol. The predicted molar refractivity (Wildman–Crippen MR) is 102 cm³/mol. The molecule has 0 aliphatic rings. The summed E-state index contributed by atoms with van der Waals surface area (Å²) in [7, 11) is 3.02. The Morgan fingerprint density at radius 1 is 1.11 bits per heavy atom. The van der Waals surface area contributed by atoms with E-state index in [0.29, 0.717) is 23.4 Å². The summed E-state index contributed by atoms with van der Waals surface area (Å²) >= 11 is 0. The zero-order chi connectivity index (χ0) is 19.8. The molecule has 1 aromatic heterocycles. The largest absolute Gasteiger partial charge is 0.465 e. The number of carbonyl (C=O) groups is 3. The van der Waals surface area contributed by atoms with Crippen LogP contribution in [0.4, 0.5) is 5.69 Å². The number of nitrogens with zero attached hydrogens (tertiary/aromatic N) is 2. The third-order valence-corrected chi connectivity index (χ3v) is 3.98. The van der Waals surface area contributed by atoms with Crippen LogP contribution in [0.1, 0.15) is 50.8 Å². The van der Waals surface area contributed by atoms with Crippen molar-refractivity contribution in [2.45, 2.75) is 19.8 Å². The van der Waals surface area contributed by atoms with Gasteiger partial charge in [-0.2, -0.15) is 0 Å². The number of rotatable bonds is 7. The van der Waals surface area contributed by atoms with Crippen LogP contribution in [0, 0.1) is 0 Å². The van der Waals surface area contributed by atoms with Crippen molar-refractivity contribution in [1.82, 2.24) is 9.88 Å². The van der Waals surface area contributed by atoms with Crippen LogP contribution in [0.2, 0.25) is 0 Å². The monoisotopic (exact) mass is 369 g/mol. The summed E-state index contributed by atoms with van der Waals surface area (Å²) in [5, 5.41) is 2.70. The second kappa shape index (κ2) is 9.47. The van der Waals surface area contributed by atoms with E-state index in [9.17, 15) is 14.4 Å². The molecule has 1 aromatic carbocycles. The van der Waals surface area contributed by atoms with Crippen molar-refractivity contribution in [2.24, 2.45) is 0 Å². The standard InChI is InChI=1S/C20H23N3O4/c1-4-5-9-23(2)19(25)16-10-15(12-21-13-16)18(24)22-17-8-6-7-14(11-17)20(26)27-3/h6-8,10-13H,4-5,9H2,1-3H3,(H,22,24). The maximum atomic E-state index is 12.5. The summed E-state index contributed by atoms with van der Waals surface area (Å²) < 4.78 is 4.67. The fourth-order valence-electron chi connectivity index (χ4n) is 2.44. The van der Waals surface area contributed by atoms with E-state index < -0.39 is 11.9 Å². The second-order valence-electron chi connectivity index (χ2n) is 6.07. The number of aromatic nitrogens is 1. The number of amides is 2. The summed E-state index contributed by atoms with van der Waals surface area (Å²) in [4.78, 5) is 42.1. The minimum Gasteiger partial charge on any atom is -0.465 e. The number of hydrogen-bond donors (Lipinski definition) is 1. The first-order chi connectivity index (χ1) is 13.0. The van der Waals surface area contributed by atoms with Crippen LogP contribution in [0.25, 0.3) is 0 Å². The smallest absolute Gasteiger partial charge is 0.337 e. The number of carbonyl (C=O) groups excluding carboxylic acids is 3. The molecule has 0 fully saturated rings. The van der Waals surface area contributed by atoms with Crippen LogP contribution in [-0.2, 0) is 4.74 Å². The highest BCUT2D eigenvalue weighted by Gasteiger charge is 2.15. The van der Waals surface area contributed by atoms with Gasteiger partial charge in [0.05, 0.1) is 23.8 Å². The number of benzene rings is 1. The molecule has 1 N–H and O–H groups in total. The van der Waals surface area contributed by atoms with E-state index in [1.165, 1.54) is 31.6 Å². The zero-order valence-electron chi connectivity index (χ0n) is 15.7. The van der Waals surface area contributed by atoms with Gasteiger partial charge in [-0.1, -0.05) is 19.4 Å². The fourth-order valence-corrected chi connectivity index (χ4v) is 2.44. The highest BCUT2D eigenvalue weighted by atomic mass is 16.5. The van der Waals surface area contributed by atoms with E-state index in [1.54, 1.807) is 30.1 Å². The third-order valence-electron chi connectivity index (χ3n) is 3.98. The van der Waals surface area contributed by atoms with Gasteiger partial charge in [0, 0.05) is 31.7 Å². The Morgan fingerprint density at radius 3 is 2.56 bits per heavy atom. The fraction of sp³-hybridized carbons (Fsp3) is 0.300. The maximum absolute atomic E-state index is 12.5. The average molecular weight is 369 g/mol. The summed E-state index contributed by atoms with van der Waals surface area (Å²) in [6.45, 7) is 2.70. The van der Waals surface area contributed by atoms with Crippen LogP contribution in [0.3, 0.4) is 0 Å². The molecule has 0 spiro atoms. The second-order valence-corrected chi connectivity index (χ2v) is 6.07. The van der Waals surface area contributed by atoms with Gasteiger partial charge < -0.3 is 15.0 Å². The number of nitrogens with one attached hydrogen (secondary N) is 1. The quantitative estimate of drug-likeness (QED) is 0.758. The van der Waals surface area contributed by atoms with E-state index in [4.69, 9.17) is 0 Å². The Labute approximate surface area is 158 Å². The van der Waals surface area contributed by atoms with Crippen molar-refractivity contribution < 1.29 is 19.1 Å². The molecule has 2 rings (SSSR count). The van der Waals surface area contributed by atoms with Crippen molar-refractivity contribution in [1.29, 1.82) is 0 Å². The Bertz CT molecular complexity index is 835. The molecule has 0 radical (unpaired) electrons. The lowest BCUT2D eigenvalue weighted by Gasteiger charge is -2.16. The first-order valence-electron chi connectivity index (χ1n) is 8.66. The minimum atomic E-state index is -0.490. The lowest BCUT2D eigenvalue weighted by atomic mass is 10.1. The summed E-state index contributed by atoms with van der Waals surface area (Å²) in [5.74, 6) is -1.09. The molecule has 27 heavy (non-hydrogen) atoms. The van der Waals surface area contributed by atoms with Crippen LogP contribution in [0.5, 0.6) is 0 Å². The molecule has 2 amide bonds. The van der Waals surface area contributed by atoms with Gasteiger partial charge in [0.1, 0.15) is 0 Å². The van der Waals surface area contributed by atoms with Gasteiger partial charge in [-0.3, -0.25) is 14.6 Å². The van der Waals surface area contributed by atoms with Gasteiger partial charge in [0.2, 0.25) is 0 Å². The summed E-state index contributed by atoms with van der Waals surface area (Å²) in [5.41, 5.74) is 1.38. The first-order valence-corrected chi connectivity index (χ1v) is 8.66. The number of ether oxygens (including phenoxy) is 1. The Kier molecular flexibility index (Phi) is 7.05. The SMILES string of the molecule is CCCCN(C)C(=O)c1cncc(C(=O)Nc2cccc(C(=O)OC)c2)c1. The van der Waals surface area contributed by atoms with E-state index >= 15 is 0 Å². The van der Waals surface area contributed by atoms with Crippen LogP contribution >= 0.6 is 0 Å². The van der Waals surface area contributed by atoms with Crippen molar-refractivity contribution >= 4 is 23.5 Å². The highest BCUT2D eigenvalue weighted by molar-refractivity contribution is 6.06. The molecule has 0 saturated heterocycles. The van der Waals surface area contributed by atoms with Crippen molar-refractivity contribution in [2.75, 3.05) is 26.0 Å². The van der Waals surface area contributed by atoms with Crippen molar-refractivity contribution in [3.8, 4) is 0 Å². The van der Waals surface area contributed by atoms with E-state index in [-0.39, 0.29) is 11.5 Å². The van der Waals surface area contributed by atoms with Gasteiger partial charge in [0.25, 0.3) is 11.8 Å². The topological polar surface area (TPSA) is 88.6 Å². The Morgan fingerprint density at radius 2 is 1.85 bits per heavy atom. The molecule has 0 unspecified atom stereocenters. The van der Waals surface area contributed by atoms with Crippen molar-refractivity contribution in [3.63, 3.8) is 0 Å². The number of pyridine rings is 1. The predicted octanol–water partition coefficient (Wildman–Crippen LogP) is 2.99. The molecule has 0 aliphatic carbocycles. The van der Waals surface area contributed by atoms with Crippen LogP contribution in [-0.4, -0.2) is 48.4 Å². The Balaban J connectivity index is 2.13. The first kappa shape index (κ1) is 20.1. The van der Waals surface area contributed by atoms with E-state index in [1.807, 2.05) is 0 Å². The van der Waals surface area contributed by atoms with E-state index in [0.717, 1.165) is 12.8 Å². The highest BCUT2D eigenvalue weighted by Crippen LogP contribution is 2.14. The zero-order valence-corrected chi connectivity index (χ0v) is 15.7. The van der Waals surface area contributed by atoms with Crippen LogP contribution < -0.4 is 5.32 Å². The summed E-state index contributed by atoms with van der Waals surface area (Å²) in [6, 6.07) is 7.92. The normalized spacial score (nSPS) is 10.2. The maximum Gasteiger partial charge on any atom is 0.337 e. The van der Waals surface area contributed by atoms with Crippen LogP contribution in [0.15, 0.2) is 42.7 Å². The third kappa shape index (κ3) is 5.37. The molecular formula is C20H23N3O4. The molecule has 0 saturated carbocycles. The number of methoxy groups -OCH3 is 1. The average Bonchev–Trinajstić information content (AvgIpc) is 2.71. The van der Waals surface area contributed by atoms with Gasteiger partial charge in [-0.05, 0) is 30.7 Å². The number of hydrogen-bond acceptors (Lipinski definition) is 5. The molecule has 0 atom stereocenters. The van der Waals surface area contributed by atoms with Gasteiger partial charge >= 0.3 is 5.97 Å². The van der Waals surface area contributed by atoms with Gasteiger partial charge in [-0.15, -0.1) is 0 Å². The van der Waals surface area contributed by atoms with Crippen molar-refractivity contribution in [3.05, 3.63) is 59.4 Å². The molecule has 0 bridgehead atoms. The molecule has 7 nitrogen and oxygen atoms in total. The lowest BCUT2D eigenvalue weighted by molar-refractivity contribution is 0.0600. The number of esters is 1. The molecule has 7 heteroatoms. The minimum absolute atomic E-state index is 0.182. The lowest BCUT2D eigenvalue weighted by Crippen LogP contribution is -2.28. The Hall–Kier alpha value is -3.22. The molecule has 2 aromatic rings. The van der Waals surface area contributed by atoms with Gasteiger partial charge in [0.15, 0.2) is 0 Å². The number of anilines is 1. The molecule has 0 aliphatic heterocycles. The summed E-state index contributed by atoms with van der Waals surface area (Å²) in [6.07, 6.45) is 4.73.